The molecule has 1 aromatic heterocycles. The molecule has 1 N–H and O–H groups in total. The molecule has 2 aliphatic rings. The summed E-state index contributed by atoms with van der Waals surface area (Å²) in [4.78, 5) is 27.8. The molecule has 2 amide bonds. The van der Waals surface area contributed by atoms with Gasteiger partial charge < -0.3 is 14.5 Å². The maximum Gasteiger partial charge on any atom is 0.257 e. The summed E-state index contributed by atoms with van der Waals surface area (Å²) in [6.07, 6.45) is 4.48. The van der Waals surface area contributed by atoms with Crippen molar-refractivity contribution in [3.8, 4) is 0 Å². The summed E-state index contributed by atoms with van der Waals surface area (Å²) in [6.45, 7) is 2.93. The maximum absolute atomic E-state index is 13.3. The predicted molar refractivity (Wildman–Crippen MR) is 130 cm³/mol. The molecule has 2 aliphatic heterocycles. The Morgan fingerprint density at radius 1 is 1.21 bits per heavy atom. The number of ether oxygens (including phenoxy) is 1. The Balaban J connectivity index is 1.35. The van der Waals surface area contributed by atoms with Gasteiger partial charge in [0, 0.05) is 37.6 Å². The third kappa shape index (κ3) is 6.05. The second-order valence-electron chi connectivity index (χ2n) is 8.72. The Morgan fingerprint density at radius 2 is 1.97 bits per heavy atom. The van der Waals surface area contributed by atoms with E-state index in [0.717, 1.165) is 30.5 Å². The number of carbonyl (C=O) groups is 2. The summed E-state index contributed by atoms with van der Waals surface area (Å²) in [5, 5.41) is 9.87. The standard InChI is InChI=1S/C25H31ClN4O4/c1-33-14-3-11-27-25(32)19-9-12-29(13-10-19)17-24(31)30-22(23-4-2-15-34-23)16-21(28-30)18-5-7-20(26)8-6-18/h2,4-8,15,19,22H,3,9-14,16-17H2,1H3,(H,27,32). The van der Waals surface area contributed by atoms with Crippen LogP contribution in [0.25, 0.3) is 0 Å². The smallest absolute Gasteiger partial charge is 0.257 e. The number of amides is 2. The fourth-order valence-electron chi connectivity index (χ4n) is 4.45. The zero-order chi connectivity index (χ0) is 23.9. The maximum atomic E-state index is 13.3. The van der Waals surface area contributed by atoms with E-state index in [-0.39, 0.29) is 30.3 Å². The van der Waals surface area contributed by atoms with Crippen LogP contribution in [0.15, 0.2) is 52.2 Å². The van der Waals surface area contributed by atoms with Crippen LogP contribution < -0.4 is 5.32 Å². The van der Waals surface area contributed by atoms with Crippen molar-refractivity contribution in [3.63, 3.8) is 0 Å². The molecule has 9 heteroatoms. The van der Waals surface area contributed by atoms with Crippen LogP contribution in [-0.2, 0) is 14.3 Å². The third-order valence-electron chi connectivity index (χ3n) is 6.36. The Morgan fingerprint density at radius 3 is 2.65 bits per heavy atom. The fraction of sp³-hybridized carbons (Fsp3) is 0.480. The van der Waals surface area contributed by atoms with Crippen LogP contribution in [0.2, 0.25) is 5.02 Å². The van der Waals surface area contributed by atoms with Gasteiger partial charge in [0.1, 0.15) is 11.8 Å². The number of halogens is 1. The van der Waals surface area contributed by atoms with Crippen molar-refractivity contribution in [1.82, 2.24) is 15.2 Å². The lowest BCUT2D eigenvalue weighted by atomic mass is 9.96. The van der Waals surface area contributed by atoms with Gasteiger partial charge in [0.15, 0.2) is 0 Å². The second kappa shape index (κ2) is 11.6. The minimum Gasteiger partial charge on any atom is -0.467 e. The van der Waals surface area contributed by atoms with Crippen LogP contribution in [0.4, 0.5) is 0 Å². The van der Waals surface area contributed by atoms with E-state index in [2.05, 4.69) is 15.3 Å². The van der Waals surface area contributed by atoms with Crippen molar-refractivity contribution < 1.29 is 18.7 Å². The topological polar surface area (TPSA) is 87.4 Å². The van der Waals surface area contributed by atoms with Gasteiger partial charge in [0.05, 0.1) is 18.5 Å². The van der Waals surface area contributed by atoms with Crippen molar-refractivity contribution in [2.75, 3.05) is 39.9 Å². The highest BCUT2D eigenvalue weighted by Gasteiger charge is 2.36. The molecule has 0 bridgehead atoms. The number of furan rings is 1. The number of rotatable bonds is 9. The molecule has 3 heterocycles. The molecule has 182 valence electrons. The van der Waals surface area contributed by atoms with Gasteiger partial charge in [0.2, 0.25) is 5.91 Å². The molecule has 4 rings (SSSR count). The van der Waals surface area contributed by atoms with E-state index >= 15 is 0 Å². The predicted octanol–water partition coefficient (Wildman–Crippen LogP) is 3.48. The minimum absolute atomic E-state index is 0.00826. The third-order valence-corrected chi connectivity index (χ3v) is 6.61. The molecule has 1 atom stereocenters. The molecule has 1 saturated heterocycles. The molecule has 1 unspecified atom stereocenters. The lowest BCUT2D eigenvalue weighted by Crippen LogP contribution is -2.44. The van der Waals surface area contributed by atoms with Gasteiger partial charge in [-0.2, -0.15) is 5.10 Å². The van der Waals surface area contributed by atoms with E-state index in [1.165, 1.54) is 0 Å². The number of nitrogens with one attached hydrogen (secondary N) is 1. The number of piperidine rings is 1. The van der Waals surface area contributed by atoms with Crippen LogP contribution in [0.1, 0.15) is 43.0 Å². The Bertz CT molecular complexity index is 985. The zero-order valence-corrected chi connectivity index (χ0v) is 20.2. The monoisotopic (exact) mass is 486 g/mol. The molecule has 8 nitrogen and oxygen atoms in total. The molecule has 34 heavy (non-hydrogen) atoms. The number of hydrazone groups is 1. The lowest BCUT2D eigenvalue weighted by molar-refractivity contribution is -0.135. The summed E-state index contributed by atoms with van der Waals surface area (Å²) in [6, 6.07) is 10.9. The average Bonchev–Trinajstić information content (AvgIpc) is 3.53. The van der Waals surface area contributed by atoms with Crippen LogP contribution in [0.5, 0.6) is 0 Å². The van der Waals surface area contributed by atoms with E-state index in [1.54, 1.807) is 18.4 Å². The van der Waals surface area contributed by atoms with Crippen molar-refractivity contribution in [3.05, 3.63) is 59.0 Å². The Hall–Kier alpha value is -2.68. The summed E-state index contributed by atoms with van der Waals surface area (Å²) in [7, 11) is 1.65. The number of hydrogen-bond donors (Lipinski definition) is 1. The van der Waals surface area contributed by atoms with Gasteiger partial charge in [-0.1, -0.05) is 23.7 Å². The van der Waals surface area contributed by atoms with Gasteiger partial charge in [-0.15, -0.1) is 0 Å². The Labute approximate surface area is 204 Å². The molecule has 0 radical (unpaired) electrons. The SMILES string of the molecule is COCCCNC(=O)C1CCN(CC(=O)N2N=C(c3ccc(Cl)cc3)CC2c2ccco2)CC1. The molecular formula is C25H31ClN4O4. The highest BCUT2D eigenvalue weighted by molar-refractivity contribution is 6.30. The largest absolute Gasteiger partial charge is 0.467 e. The molecule has 0 saturated carbocycles. The number of carbonyl (C=O) groups excluding carboxylic acids is 2. The highest BCUT2D eigenvalue weighted by atomic mass is 35.5. The molecule has 0 spiro atoms. The van der Waals surface area contributed by atoms with Crippen molar-refractivity contribution in [2.45, 2.75) is 31.7 Å². The van der Waals surface area contributed by atoms with E-state index in [9.17, 15) is 9.59 Å². The average molecular weight is 487 g/mol. The van der Waals surface area contributed by atoms with Crippen LogP contribution in [-0.4, -0.2) is 67.3 Å². The van der Waals surface area contributed by atoms with Crippen molar-refractivity contribution >= 4 is 29.1 Å². The normalized spacial score (nSPS) is 19.3. The quantitative estimate of drug-likeness (QED) is 0.548. The van der Waals surface area contributed by atoms with Gasteiger partial charge in [-0.25, -0.2) is 5.01 Å². The lowest BCUT2D eigenvalue weighted by Gasteiger charge is -2.32. The summed E-state index contributed by atoms with van der Waals surface area (Å²) in [5.41, 5.74) is 1.77. The number of likely N-dealkylation sites (tertiary alicyclic amines) is 1. The van der Waals surface area contributed by atoms with Crippen molar-refractivity contribution in [1.29, 1.82) is 0 Å². The van der Waals surface area contributed by atoms with Gasteiger partial charge >= 0.3 is 0 Å². The van der Waals surface area contributed by atoms with E-state index < -0.39 is 0 Å². The molecule has 0 aliphatic carbocycles. The minimum atomic E-state index is -0.274. The number of methoxy groups -OCH3 is 1. The molecule has 1 fully saturated rings. The van der Waals surface area contributed by atoms with Crippen LogP contribution in [0.3, 0.4) is 0 Å². The van der Waals surface area contributed by atoms with Crippen molar-refractivity contribution in [2.24, 2.45) is 11.0 Å². The molecular weight excluding hydrogens is 456 g/mol. The molecule has 2 aromatic rings. The first-order valence-corrected chi connectivity index (χ1v) is 12.1. The fourth-order valence-corrected chi connectivity index (χ4v) is 4.58. The first kappa shape index (κ1) is 24.4. The number of hydrogen-bond acceptors (Lipinski definition) is 6. The summed E-state index contributed by atoms with van der Waals surface area (Å²) < 4.78 is 10.6. The first-order chi connectivity index (χ1) is 16.5. The molecule has 1 aromatic carbocycles. The van der Waals surface area contributed by atoms with E-state index in [4.69, 9.17) is 20.8 Å². The Kier molecular flexibility index (Phi) is 8.37. The van der Waals surface area contributed by atoms with Crippen LogP contribution in [0, 0.1) is 5.92 Å². The van der Waals surface area contributed by atoms with Gasteiger partial charge in [0.25, 0.3) is 5.91 Å². The van der Waals surface area contributed by atoms with E-state index in [1.807, 2.05) is 36.4 Å². The van der Waals surface area contributed by atoms with Crippen LogP contribution >= 0.6 is 11.6 Å². The summed E-state index contributed by atoms with van der Waals surface area (Å²) >= 11 is 6.03. The first-order valence-electron chi connectivity index (χ1n) is 11.7. The highest BCUT2D eigenvalue weighted by Crippen LogP contribution is 2.33. The zero-order valence-electron chi connectivity index (χ0n) is 19.4. The van der Waals surface area contributed by atoms with E-state index in [0.29, 0.717) is 43.4 Å². The van der Waals surface area contributed by atoms with Gasteiger partial charge in [-0.3, -0.25) is 14.5 Å². The summed E-state index contributed by atoms with van der Waals surface area (Å²) in [5.74, 6) is 0.723. The number of benzene rings is 1. The second-order valence-corrected chi connectivity index (χ2v) is 9.15. The van der Waals surface area contributed by atoms with Gasteiger partial charge in [-0.05, 0) is 62.2 Å². The number of nitrogens with zero attached hydrogens (tertiary/aromatic N) is 3.